The SMILES string of the molecule is Cc1nc(-c2ccc(Cl)cc2)sc1C(=O)N1CCC(C(=O)N2CCCCCC2)CC1. The summed E-state index contributed by atoms with van der Waals surface area (Å²) < 4.78 is 0. The molecule has 3 heterocycles. The minimum Gasteiger partial charge on any atom is -0.342 e. The first-order valence-electron chi connectivity index (χ1n) is 10.8. The minimum absolute atomic E-state index is 0.0332. The number of benzene rings is 1. The van der Waals surface area contributed by atoms with Gasteiger partial charge in [0.1, 0.15) is 9.88 Å². The van der Waals surface area contributed by atoms with E-state index in [0.29, 0.717) is 28.9 Å². The summed E-state index contributed by atoms with van der Waals surface area (Å²) in [5, 5.41) is 1.51. The van der Waals surface area contributed by atoms with Crippen molar-refractivity contribution < 1.29 is 9.59 Å². The molecule has 7 heteroatoms. The van der Waals surface area contributed by atoms with E-state index in [-0.39, 0.29) is 11.8 Å². The Balaban J connectivity index is 1.38. The van der Waals surface area contributed by atoms with Crippen LogP contribution in [0.15, 0.2) is 24.3 Å². The van der Waals surface area contributed by atoms with Crippen molar-refractivity contribution in [1.29, 1.82) is 0 Å². The van der Waals surface area contributed by atoms with Gasteiger partial charge < -0.3 is 9.80 Å². The van der Waals surface area contributed by atoms with E-state index in [1.54, 1.807) is 0 Å². The number of carbonyl (C=O) groups is 2. The number of amides is 2. The minimum atomic E-state index is 0.0332. The van der Waals surface area contributed by atoms with Gasteiger partial charge in [0.15, 0.2) is 0 Å². The van der Waals surface area contributed by atoms with Crippen LogP contribution >= 0.6 is 22.9 Å². The van der Waals surface area contributed by atoms with Gasteiger partial charge in [0.2, 0.25) is 5.91 Å². The number of thiazole rings is 1. The zero-order valence-electron chi connectivity index (χ0n) is 17.4. The van der Waals surface area contributed by atoms with Crippen LogP contribution in [-0.2, 0) is 4.79 Å². The molecule has 4 rings (SSSR count). The van der Waals surface area contributed by atoms with Gasteiger partial charge in [-0.1, -0.05) is 36.6 Å². The maximum absolute atomic E-state index is 13.1. The monoisotopic (exact) mass is 445 g/mol. The van der Waals surface area contributed by atoms with Crippen LogP contribution in [0.5, 0.6) is 0 Å². The lowest BCUT2D eigenvalue weighted by Crippen LogP contribution is -2.44. The number of aromatic nitrogens is 1. The van der Waals surface area contributed by atoms with Gasteiger partial charge in [0, 0.05) is 42.7 Å². The third kappa shape index (κ3) is 4.70. The first-order valence-corrected chi connectivity index (χ1v) is 12.0. The highest BCUT2D eigenvalue weighted by Gasteiger charge is 2.32. The van der Waals surface area contributed by atoms with Crippen molar-refractivity contribution in [2.45, 2.75) is 45.4 Å². The first-order chi connectivity index (χ1) is 14.5. The Kier molecular flexibility index (Phi) is 6.74. The number of hydrogen-bond donors (Lipinski definition) is 0. The zero-order chi connectivity index (χ0) is 21.1. The maximum Gasteiger partial charge on any atom is 0.265 e. The Labute approximate surface area is 187 Å². The van der Waals surface area contributed by atoms with Crippen LogP contribution in [0, 0.1) is 12.8 Å². The molecule has 30 heavy (non-hydrogen) atoms. The van der Waals surface area contributed by atoms with Gasteiger partial charge >= 0.3 is 0 Å². The van der Waals surface area contributed by atoms with E-state index < -0.39 is 0 Å². The normalized spacial score (nSPS) is 18.3. The Morgan fingerprint density at radius 2 is 1.60 bits per heavy atom. The number of aryl methyl sites for hydroxylation is 1. The number of halogens is 1. The molecule has 1 aromatic carbocycles. The molecule has 2 aromatic rings. The van der Waals surface area contributed by atoms with Gasteiger partial charge in [0.05, 0.1) is 5.69 Å². The molecule has 0 bridgehead atoms. The fraction of sp³-hybridized carbons (Fsp3) is 0.522. The molecule has 0 atom stereocenters. The quantitative estimate of drug-likeness (QED) is 0.666. The van der Waals surface area contributed by atoms with E-state index in [1.165, 1.54) is 24.2 Å². The fourth-order valence-electron chi connectivity index (χ4n) is 4.33. The van der Waals surface area contributed by atoms with E-state index in [2.05, 4.69) is 9.88 Å². The summed E-state index contributed by atoms with van der Waals surface area (Å²) in [7, 11) is 0. The van der Waals surface area contributed by atoms with Crippen LogP contribution < -0.4 is 0 Å². The van der Waals surface area contributed by atoms with E-state index >= 15 is 0 Å². The van der Waals surface area contributed by atoms with E-state index in [1.807, 2.05) is 36.1 Å². The van der Waals surface area contributed by atoms with Crippen molar-refractivity contribution in [3.05, 3.63) is 39.9 Å². The lowest BCUT2D eigenvalue weighted by atomic mass is 9.95. The molecule has 2 aliphatic rings. The lowest BCUT2D eigenvalue weighted by molar-refractivity contribution is -0.136. The molecule has 0 spiro atoms. The predicted octanol–water partition coefficient (Wildman–Crippen LogP) is 5.03. The summed E-state index contributed by atoms with van der Waals surface area (Å²) in [6, 6.07) is 7.52. The van der Waals surface area contributed by atoms with Crippen LogP contribution in [0.25, 0.3) is 10.6 Å². The molecule has 0 saturated carbocycles. The van der Waals surface area contributed by atoms with Crippen molar-refractivity contribution >= 4 is 34.8 Å². The molecule has 0 radical (unpaired) electrons. The summed E-state index contributed by atoms with van der Waals surface area (Å²) >= 11 is 7.41. The molecule has 2 saturated heterocycles. The van der Waals surface area contributed by atoms with Gasteiger partial charge in [-0.15, -0.1) is 11.3 Å². The maximum atomic E-state index is 13.1. The van der Waals surface area contributed by atoms with Crippen LogP contribution in [0.3, 0.4) is 0 Å². The Bertz CT molecular complexity index is 896. The van der Waals surface area contributed by atoms with Gasteiger partial charge in [-0.2, -0.15) is 0 Å². The Morgan fingerprint density at radius 3 is 2.23 bits per heavy atom. The van der Waals surface area contributed by atoms with Crippen molar-refractivity contribution in [2.24, 2.45) is 5.92 Å². The summed E-state index contributed by atoms with van der Waals surface area (Å²) in [5.41, 5.74) is 1.73. The van der Waals surface area contributed by atoms with Gasteiger partial charge in [0.25, 0.3) is 5.91 Å². The van der Waals surface area contributed by atoms with Crippen LogP contribution in [0.1, 0.15) is 53.9 Å². The van der Waals surface area contributed by atoms with Crippen molar-refractivity contribution in [2.75, 3.05) is 26.2 Å². The van der Waals surface area contributed by atoms with Crippen LogP contribution in [-0.4, -0.2) is 52.8 Å². The van der Waals surface area contributed by atoms with Crippen LogP contribution in [0.4, 0.5) is 0 Å². The molecule has 0 aliphatic carbocycles. The van der Waals surface area contributed by atoms with E-state index in [9.17, 15) is 9.59 Å². The Hall–Kier alpha value is -1.92. The fourth-order valence-corrected chi connectivity index (χ4v) is 5.50. The summed E-state index contributed by atoms with van der Waals surface area (Å²) in [4.78, 5) is 35.3. The predicted molar refractivity (Wildman–Crippen MR) is 121 cm³/mol. The number of carbonyl (C=O) groups excluding carboxylic acids is 2. The van der Waals surface area contributed by atoms with Gasteiger partial charge in [-0.25, -0.2) is 4.98 Å². The molecular formula is C23H28ClN3O2S. The summed E-state index contributed by atoms with van der Waals surface area (Å²) in [5.74, 6) is 0.383. The average molecular weight is 446 g/mol. The highest BCUT2D eigenvalue weighted by molar-refractivity contribution is 7.17. The second-order valence-electron chi connectivity index (χ2n) is 8.25. The van der Waals surface area contributed by atoms with Crippen molar-refractivity contribution in [1.82, 2.24) is 14.8 Å². The second kappa shape index (κ2) is 9.48. The molecule has 1 aromatic heterocycles. The molecule has 2 fully saturated rings. The number of likely N-dealkylation sites (tertiary alicyclic amines) is 2. The molecule has 0 N–H and O–H groups in total. The van der Waals surface area contributed by atoms with Gasteiger partial charge in [-0.05, 0) is 44.7 Å². The lowest BCUT2D eigenvalue weighted by Gasteiger charge is -2.34. The van der Waals surface area contributed by atoms with E-state index in [4.69, 9.17) is 11.6 Å². The Morgan fingerprint density at radius 1 is 0.967 bits per heavy atom. The molecule has 0 unspecified atom stereocenters. The zero-order valence-corrected chi connectivity index (χ0v) is 19.0. The number of rotatable bonds is 3. The number of hydrogen-bond acceptors (Lipinski definition) is 4. The molecule has 2 amide bonds. The molecule has 5 nitrogen and oxygen atoms in total. The first kappa shape index (κ1) is 21.3. The third-order valence-corrected chi connectivity index (χ3v) is 7.58. The second-order valence-corrected chi connectivity index (χ2v) is 9.68. The largest absolute Gasteiger partial charge is 0.342 e. The van der Waals surface area contributed by atoms with Crippen molar-refractivity contribution in [3.8, 4) is 10.6 Å². The average Bonchev–Trinajstić information content (AvgIpc) is 2.97. The smallest absolute Gasteiger partial charge is 0.265 e. The standard InChI is InChI=1S/C23H28ClN3O2S/c1-16-20(30-21(25-16)17-6-8-19(24)9-7-17)23(29)27-14-10-18(11-15-27)22(28)26-12-4-2-3-5-13-26/h6-9,18H,2-5,10-15H2,1H3. The van der Waals surface area contributed by atoms with E-state index in [0.717, 1.165) is 55.0 Å². The molecule has 2 aliphatic heterocycles. The summed E-state index contributed by atoms with van der Waals surface area (Å²) in [6.45, 7) is 4.95. The van der Waals surface area contributed by atoms with Gasteiger partial charge in [-0.3, -0.25) is 9.59 Å². The highest BCUT2D eigenvalue weighted by Crippen LogP contribution is 2.31. The third-order valence-electron chi connectivity index (χ3n) is 6.13. The van der Waals surface area contributed by atoms with Crippen molar-refractivity contribution in [3.63, 3.8) is 0 Å². The number of piperidine rings is 1. The molecule has 160 valence electrons. The van der Waals surface area contributed by atoms with Crippen LogP contribution in [0.2, 0.25) is 5.02 Å². The molecular weight excluding hydrogens is 418 g/mol. The summed E-state index contributed by atoms with van der Waals surface area (Å²) in [6.07, 6.45) is 6.19. The highest BCUT2D eigenvalue weighted by atomic mass is 35.5. The number of nitrogens with zero attached hydrogens (tertiary/aromatic N) is 3. The topological polar surface area (TPSA) is 53.5 Å².